The minimum absolute atomic E-state index is 0.0465. The van der Waals surface area contributed by atoms with Gasteiger partial charge in [-0.15, -0.1) is 0 Å². The van der Waals surface area contributed by atoms with E-state index in [0.717, 1.165) is 25.9 Å². The molecule has 0 aliphatic carbocycles. The Bertz CT molecular complexity index is 557. The molecule has 0 spiro atoms. The fraction of sp³-hybridized carbons (Fsp3) is 0.353. The molecule has 4 nitrogen and oxygen atoms in total. The van der Waals surface area contributed by atoms with Crippen LogP contribution < -0.4 is 0 Å². The van der Waals surface area contributed by atoms with Gasteiger partial charge in [-0.25, -0.2) is 0 Å². The molecule has 2 heterocycles. The van der Waals surface area contributed by atoms with Crippen molar-refractivity contribution in [3.8, 4) is 0 Å². The third-order valence-electron chi connectivity index (χ3n) is 3.83. The number of furan rings is 1. The summed E-state index contributed by atoms with van der Waals surface area (Å²) in [6, 6.07) is 11.9. The second kappa shape index (κ2) is 6.59. The first-order valence-corrected chi connectivity index (χ1v) is 7.30. The Hall–Kier alpha value is -2.07. The molecular formula is C17H19NO3. The number of amides is 1. The van der Waals surface area contributed by atoms with E-state index in [1.165, 1.54) is 18.1 Å². The zero-order valence-corrected chi connectivity index (χ0v) is 11.9. The normalized spacial score (nSPS) is 16.1. The van der Waals surface area contributed by atoms with Gasteiger partial charge in [0.05, 0.1) is 24.5 Å². The van der Waals surface area contributed by atoms with Crippen LogP contribution in [0.4, 0.5) is 0 Å². The van der Waals surface area contributed by atoms with Crippen LogP contribution in [-0.2, 0) is 11.3 Å². The van der Waals surface area contributed by atoms with E-state index in [4.69, 9.17) is 9.15 Å². The van der Waals surface area contributed by atoms with E-state index < -0.39 is 0 Å². The Morgan fingerprint density at radius 3 is 2.62 bits per heavy atom. The maximum absolute atomic E-state index is 12.2. The van der Waals surface area contributed by atoms with Crippen molar-refractivity contribution in [3.63, 3.8) is 0 Å². The van der Waals surface area contributed by atoms with Gasteiger partial charge in [-0.1, -0.05) is 30.3 Å². The third-order valence-corrected chi connectivity index (χ3v) is 3.83. The average molecular weight is 285 g/mol. The second-order valence-electron chi connectivity index (χ2n) is 5.30. The van der Waals surface area contributed by atoms with E-state index in [-0.39, 0.29) is 12.0 Å². The number of nitrogens with zero attached hydrogens (tertiary/aromatic N) is 1. The number of ether oxygens (including phenoxy) is 1. The monoisotopic (exact) mass is 285 g/mol. The van der Waals surface area contributed by atoms with Crippen molar-refractivity contribution >= 4 is 5.91 Å². The molecule has 0 unspecified atom stereocenters. The number of piperidine rings is 1. The predicted octanol–water partition coefficient (Wildman–Crippen LogP) is 3.10. The van der Waals surface area contributed by atoms with Crippen molar-refractivity contribution in [2.24, 2.45) is 0 Å². The van der Waals surface area contributed by atoms with E-state index in [1.54, 1.807) is 6.07 Å². The van der Waals surface area contributed by atoms with Gasteiger partial charge >= 0.3 is 0 Å². The molecule has 110 valence electrons. The van der Waals surface area contributed by atoms with Crippen LogP contribution in [0.5, 0.6) is 0 Å². The van der Waals surface area contributed by atoms with Crippen LogP contribution in [0.25, 0.3) is 0 Å². The Labute approximate surface area is 124 Å². The molecule has 4 heteroatoms. The van der Waals surface area contributed by atoms with E-state index in [9.17, 15) is 4.79 Å². The lowest BCUT2D eigenvalue weighted by Gasteiger charge is -2.31. The van der Waals surface area contributed by atoms with Crippen molar-refractivity contribution in [3.05, 3.63) is 60.1 Å². The first-order chi connectivity index (χ1) is 10.3. The van der Waals surface area contributed by atoms with Crippen LogP contribution in [0, 0.1) is 0 Å². The predicted molar refractivity (Wildman–Crippen MR) is 78.9 cm³/mol. The molecule has 1 aromatic heterocycles. The highest BCUT2D eigenvalue weighted by Gasteiger charge is 2.24. The van der Waals surface area contributed by atoms with Gasteiger partial charge in [-0.3, -0.25) is 4.79 Å². The van der Waals surface area contributed by atoms with Crippen LogP contribution in [0.1, 0.15) is 28.8 Å². The summed E-state index contributed by atoms with van der Waals surface area (Å²) in [6.07, 6.45) is 5.04. The Balaban J connectivity index is 1.46. The quantitative estimate of drug-likeness (QED) is 0.867. The Kier molecular flexibility index (Phi) is 4.36. The van der Waals surface area contributed by atoms with Crippen LogP contribution in [0.3, 0.4) is 0 Å². The minimum Gasteiger partial charge on any atom is -0.472 e. The summed E-state index contributed by atoms with van der Waals surface area (Å²) in [5.74, 6) is 0.0465. The highest BCUT2D eigenvalue weighted by Crippen LogP contribution is 2.18. The molecule has 1 saturated heterocycles. The number of benzene rings is 1. The van der Waals surface area contributed by atoms with Crippen molar-refractivity contribution in [2.75, 3.05) is 13.1 Å². The molecule has 21 heavy (non-hydrogen) atoms. The van der Waals surface area contributed by atoms with Gasteiger partial charge in [0.15, 0.2) is 0 Å². The number of hydrogen-bond acceptors (Lipinski definition) is 3. The Morgan fingerprint density at radius 1 is 1.19 bits per heavy atom. The molecule has 2 aromatic rings. The highest BCUT2D eigenvalue weighted by atomic mass is 16.5. The SMILES string of the molecule is O=C(c1ccoc1)N1CCC(OCc2ccccc2)CC1. The van der Waals surface area contributed by atoms with Crippen molar-refractivity contribution in [2.45, 2.75) is 25.6 Å². The summed E-state index contributed by atoms with van der Waals surface area (Å²) in [5.41, 5.74) is 1.81. The average Bonchev–Trinajstić information content (AvgIpc) is 3.08. The molecule has 0 N–H and O–H groups in total. The minimum atomic E-state index is 0.0465. The van der Waals surface area contributed by atoms with Crippen LogP contribution >= 0.6 is 0 Å². The largest absolute Gasteiger partial charge is 0.472 e. The van der Waals surface area contributed by atoms with Crippen molar-refractivity contribution in [1.82, 2.24) is 4.90 Å². The fourth-order valence-electron chi connectivity index (χ4n) is 2.58. The van der Waals surface area contributed by atoms with Gasteiger partial charge in [0.25, 0.3) is 5.91 Å². The number of likely N-dealkylation sites (tertiary alicyclic amines) is 1. The number of hydrogen-bond donors (Lipinski definition) is 0. The van der Waals surface area contributed by atoms with E-state index in [0.29, 0.717) is 12.2 Å². The summed E-state index contributed by atoms with van der Waals surface area (Å²) in [7, 11) is 0. The summed E-state index contributed by atoms with van der Waals surface area (Å²) in [4.78, 5) is 14.0. The summed E-state index contributed by atoms with van der Waals surface area (Å²) in [5, 5.41) is 0. The van der Waals surface area contributed by atoms with Crippen LogP contribution in [-0.4, -0.2) is 30.0 Å². The lowest BCUT2D eigenvalue weighted by Crippen LogP contribution is -2.40. The zero-order chi connectivity index (χ0) is 14.5. The summed E-state index contributed by atoms with van der Waals surface area (Å²) >= 11 is 0. The van der Waals surface area contributed by atoms with Gasteiger partial charge in [0.1, 0.15) is 6.26 Å². The third kappa shape index (κ3) is 3.52. The van der Waals surface area contributed by atoms with Gasteiger partial charge in [0.2, 0.25) is 0 Å². The molecule has 0 radical (unpaired) electrons. The lowest BCUT2D eigenvalue weighted by molar-refractivity contribution is -0.000391. The summed E-state index contributed by atoms with van der Waals surface area (Å²) in [6.45, 7) is 2.12. The lowest BCUT2D eigenvalue weighted by atomic mass is 10.1. The van der Waals surface area contributed by atoms with Gasteiger partial charge < -0.3 is 14.1 Å². The van der Waals surface area contributed by atoms with Crippen LogP contribution in [0.2, 0.25) is 0 Å². The van der Waals surface area contributed by atoms with Gasteiger partial charge in [-0.05, 0) is 24.5 Å². The second-order valence-corrected chi connectivity index (χ2v) is 5.30. The molecule has 1 aromatic carbocycles. The Morgan fingerprint density at radius 2 is 1.95 bits per heavy atom. The molecule has 0 bridgehead atoms. The maximum Gasteiger partial charge on any atom is 0.257 e. The van der Waals surface area contributed by atoms with E-state index >= 15 is 0 Å². The standard InChI is InChI=1S/C17H19NO3/c19-17(15-8-11-20-13-15)18-9-6-16(7-10-18)21-12-14-4-2-1-3-5-14/h1-5,8,11,13,16H,6-7,9-10,12H2. The molecule has 0 saturated carbocycles. The molecular weight excluding hydrogens is 266 g/mol. The smallest absolute Gasteiger partial charge is 0.257 e. The van der Waals surface area contributed by atoms with Gasteiger partial charge in [0, 0.05) is 13.1 Å². The number of carbonyl (C=O) groups is 1. The first-order valence-electron chi connectivity index (χ1n) is 7.30. The number of rotatable bonds is 4. The molecule has 3 rings (SSSR count). The van der Waals surface area contributed by atoms with E-state index in [2.05, 4.69) is 12.1 Å². The van der Waals surface area contributed by atoms with Crippen molar-refractivity contribution < 1.29 is 13.9 Å². The van der Waals surface area contributed by atoms with Gasteiger partial charge in [-0.2, -0.15) is 0 Å². The molecule has 0 atom stereocenters. The zero-order valence-electron chi connectivity index (χ0n) is 11.9. The number of carbonyl (C=O) groups excluding carboxylic acids is 1. The maximum atomic E-state index is 12.2. The van der Waals surface area contributed by atoms with Crippen LogP contribution in [0.15, 0.2) is 53.3 Å². The molecule has 1 fully saturated rings. The molecule has 1 aliphatic heterocycles. The summed E-state index contributed by atoms with van der Waals surface area (Å²) < 4.78 is 10.9. The van der Waals surface area contributed by atoms with E-state index in [1.807, 2.05) is 23.1 Å². The highest BCUT2D eigenvalue weighted by molar-refractivity contribution is 5.93. The topological polar surface area (TPSA) is 42.7 Å². The fourth-order valence-corrected chi connectivity index (χ4v) is 2.58. The first kappa shape index (κ1) is 13.9. The molecule has 1 amide bonds. The molecule has 1 aliphatic rings. The van der Waals surface area contributed by atoms with Crippen molar-refractivity contribution in [1.29, 1.82) is 0 Å².